The second-order valence-corrected chi connectivity index (χ2v) is 11.0. The second kappa shape index (κ2) is 10.7. The zero-order chi connectivity index (χ0) is 25.0. The Morgan fingerprint density at radius 3 is 2.03 bits per heavy atom. The maximum atomic E-state index is 13.2. The van der Waals surface area contributed by atoms with Crippen molar-refractivity contribution < 1.29 is 12.8 Å². The van der Waals surface area contributed by atoms with Gasteiger partial charge in [0.15, 0.2) is 0 Å². The van der Waals surface area contributed by atoms with Gasteiger partial charge < -0.3 is 15.5 Å². The van der Waals surface area contributed by atoms with E-state index in [1.54, 1.807) is 55.7 Å². The molecular formula is C25H31FN6O2S. The molecule has 186 valence electrons. The number of hydrogen-bond donors (Lipinski definition) is 2. The molecule has 10 heteroatoms. The van der Waals surface area contributed by atoms with Gasteiger partial charge in [-0.3, -0.25) is 0 Å². The van der Waals surface area contributed by atoms with Crippen LogP contribution in [0.25, 0.3) is 0 Å². The molecule has 1 aliphatic rings. The Balaban J connectivity index is 1.40. The van der Waals surface area contributed by atoms with E-state index in [9.17, 15) is 12.8 Å². The molecule has 1 fully saturated rings. The Labute approximate surface area is 206 Å². The molecule has 0 spiro atoms. The lowest BCUT2D eigenvalue weighted by Crippen LogP contribution is -2.42. The van der Waals surface area contributed by atoms with E-state index < -0.39 is 10.0 Å². The number of benzene rings is 2. The molecule has 0 aliphatic heterocycles. The Bertz CT molecular complexity index is 1230. The van der Waals surface area contributed by atoms with Gasteiger partial charge in [-0.1, -0.05) is 0 Å². The van der Waals surface area contributed by atoms with Gasteiger partial charge in [-0.05, 0) is 94.4 Å². The molecule has 0 atom stereocenters. The van der Waals surface area contributed by atoms with E-state index in [2.05, 4.69) is 39.6 Å². The maximum absolute atomic E-state index is 13.2. The zero-order valence-electron chi connectivity index (χ0n) is 20.1. The number of nitrogens with one attached hydrogen (secondary N) is 2. The molecule has 0 bridgehead atoms. The van der Waals surface area contributed by atoms with Crippen molar-refractivity contribution in [3.05, 3.63) is 66.6 Å². The molecule has 1 aromatic heterocycles. The summed E-state index contributed by atoms with van der Waals surface area (Å²) in [7, 11) is 2.24. The van der Waals surface area contributed by atoms with Crippen LogP contribution >= 0.6 is 0 Å². The van der Waals surface area contributed by atoms with Gasteiger partial charge >= 0.3 is 0 Å². The second-order valence-electron chi connectivity index (χ2n) is 8.99. The van der Waals surface area contributed by atoms with E-state index >= 15 is 0 Å². The predicted octanol–water partition coefficient (Wildman–Crippen LogP) is 4.60. The summed E-state index contributed by atoms with van der Waals surface area (Å²) in [5.41, 5.74) is 1.36. The van der Waals surface area contributed by atoms with E-state index in [0.29, 0.717) is 29.2 Å². The third-order valence-corrected chi connectivity index (χ3v) is 8.39. The summed E-state index contributed by atoms with van der Waals surface area (Å²) >= 11 is 0. The van der Waals surface area contributed by atoms with Gasteiger partial charge in [-0.2, -0.15) is 9.29 Å². The Hall–Kier alpha value is -3.08. The molecule has 3 aromatic rings. The number of hydrogen-bond acceptors (Lipinski definition) is 7. The highest BCUT2D eigenvalue weighted by Gasteiger charge is 2.32. The topological polar surface area (TPSA) is 90.5 Å². The first-order valence-corrected chi connectivity index (χ1v) is 13.0. The first-order chi connectivity index (χ1) is 16.7. The van der Waals surface area contributed by atoms with Crippen LogP contribution in [0.15, 0.2) is 65.7 Å². The van der Waals surface area contributed by atoms with E-state index in [1.807, 2.05) is 0 Å². The molecule has 0 amide bonds. The number of nitrogens with zero attached hydrogens (tertiary/aromatic N) is 4. The van der Waals surface area contributed by atoms with Crippen LogP contribution in [-0.4, -0.2) is 60.8 Å². The van der Waals surface area contributed by atoms with Crippen molar-refractivity contribution >= 4 is 33.2 Å². The average Bonchev–Trinajstić information content (AvgIpc) is 2.85. The van der Waals surface area contributed by atoms with Gasteiger partial charge in [0.05, 0.1) is 4.90 Å². The molecular weight excluding hydrogens is 467 g/mol. The van der Waals surface area contributed by atoms with Crippen molar-refractivity contribution in [3.63, 3.8) is 0 Å². The summed E-state index contributed by atoms with van der Waals surface area (Å²) in [5.74, 6) is 0.579. The molecule has 1 aliphatic carbocycles. The Morgan fingerprint density at radius 1 is 0.829 bits per heavy atom. The number of sulfonamides is 1. The lowest BCUT2D eigenvalue weighted by atomic mass is 9.91. The summed E-state index contributed by atoms with van der Waals surface area (Å²) in [5, 5.41) is 6.18. The molecule has 0 radical (unpaired) electrons. The monoisotopic (exact) mass is 498 g/mol. The molecule has 8 nitrogen and oxygen atoms in total. The molecule has 2 N–H and O–H groups in total. The summed E-state index contributed by atoms with van der Waals surface area (Å²) < 4.78 is 41.0. The third kappa shape index (κ3) is 6.14. The van der Waals surface area contributed by atoms with Crippen molar-refractivity contribution in [1.82, 2.24) is 19.2 Å². The lowest BCUT2D eigenvalue weighted by molar-refractivity contribution is 0.180. The van der Waals surface area contributed by atoms with Gasteiger partial charge in [0.25, 0.3) is 0 Å². The van der Waals surface area contributed by atoms with Crippen LogP contribution in [0.4, 0.5) is 27.5 Å². The minimum absolute atomic E-state index is 0.0127. The normalized spacial score (nSPS) is 18.6. The van der Waals surface area contributed by atoms with Crippen molar-refractivity contribution in [2.24, 2.45) is 0 Å². The molecule has 1 heterocycles. The van der Waals surface area contributed by atoms with Gasteiger partial charge in [-0.15, -0.1) is 0 Å². The molecule has 1 saturated carbocycles. The SMILES string of the molecule is CN(C)[C@H]1CC[C@H](N(C)S(=O)(=O)c2ccc(Nc3nccc(Nc4ccc(F)cc4)n3)cc2)CC1. The van der Waals surface area contributed by atoms with E-state index in [0.717, 1.165) is 25.7 Å². The molecule has 4 rings (SSSR count). The van der Waals surface area contributed by atoms with Crippen molar-refractivity contribution in [2.45, 2.75) is 42.7 Å². The van der Waals surface area contributed by atoms with Crippen LogP contribution in [0.5, 0.6) is 0 Å². The van der Waals surface area contributed by atoms with E-state index in [-0.39, 0.29) is 16.8 Å². The van der Waals surface area contributed by atoms with Crippen LogP contribution in [0.1, 0.15) is 25.7 Å². The fourth-order valence-corrected chi connectivity index (χ4v) is 5.73. The third-order valence-electron chi connectivity index (χ3n) is 6.47. The van der Waals surface area contributed by atoms with Crippen LogP contribution in [-0.2, 0) is 10.0 Å². The highest BCUT2D eigenvalue weighted by atomic mass is 32.2. The highest BCUT2D eigenvalue weighted by molar-refractivity contribution is 7.89. The minimum atomic E-state index is -3.59. The summed E-state index contributed by atoms with van der Waals surface area (Å²) in [6.07, 6.45) is 5.31. The quantitative estimate of drug-likeness (QED) is 0.469. The van der Waals surface area contributed by atoms with Crippen molar-refractivity contribution in [1.29, 1.82) is 0 Å². The minimum Gasteiger partial charge on any atom is -0.340 e. The number of anilines is 4. The Morgan fingerprint density at radius 2 is 1.40 bits per heavy atom. The first kappa shape index (κ1) is 25.0. The summed E-state index contributed by atoms with van der Waals surface area (Å²) in [6, 6.07) is 14.8. The van der Waals surface area contributed by atoms with Gasteiger partial charge in [0, 0.05) is 36.7 Å². The number of aromatic nitrogens is 2. The van der Waals surface area contributed by atoms with Crippen LogP contribution in [0, 0.1) is 5.82 Å². The molecule has 35 heavy (non-hydrogen) atoms. The highest BCUT2D eigenvalue weighted by Crippen LogP contribution is 2.29. The van der Waals surface area contributed by atoms with Gasteiger partial charge in [0.2, 0.25) is 16.0 Å². The van der Waals surface area contributed by atoms with Crippen LogP contribution in [0.3, 0.4) is 0 Å². The lowest BCUT2D eigenvalue weighted by Gasteiger charge is -2.36. The standard InChI is InChI=1S/C25H31FN6O2S/c1-31(2)21-10-12-22(13-11-21)32(3)35(33,34)23-14-8-20(9-15-23)29-25-27-17-16-24(30-25)28-19-6-4-18(26)5-7-19/h4-9,14-17,21-22H,10-13H2,1-3H3,(H2,27,28,29,30)/t21-,22-. The number of halogens is 1. The van der Waals surface area contributed by atoms with Crippen LogP contribution < -0.4 is 10.6 Å². The van der Waals surface area contributed by atoms with Crippen molar-refractivity contribution in [2.75, 3.05) is 31.8 Å². The van der Waals surface area contributed by atoms with Crippen molar-refractivity contribution in [3.8, 4) is 0 Å². The molecule has 0 unspecified atom stereocenters. The van der Waals surface area contributed by atoms with Crippen LogP contribution in [0.2, 0.25) is 0 Å². The molecule has 2 aromatic carbocycles. The maximum Gasteiger partial charge on any atom is 0.243 e. The predicted molar refractivity (Wildman–Crippen MR) is 136 cm³/mol. The number of rotatable bonds is 8. The van der Waals surface area contributed by atoms with Gasteiger partial charge in [0.1, 0.15) is 11.6 Å². The fourth-order valence-electron chi connectivity index (χ4n) is 4.31. The summed E-state index contributed by atoms with van der Waals surface area (Å²) in [4.78, 5) is 11.1. The largest absolute Gasteiger partial charge is 0.340 e. The summed E-state index contributed by atoms with van der Waals surface area (Å²) in [6.45, 7) is 0. The zero-order valence-corrected chi connectivity index (χ0v) is 21.0. The average molecular weight is 499 g/mol. The van der Waals surface area contributed by atoms with Gasteiger partial charge in [-0.25, -0.2) is 17.8 Å². The smallest absolute Gasteiger partial charge is 0.243 e. The Kier molecular flexibility index (Phi) is 7.63. The fraction of sp³-hybridized carbons (Fsp3) is 0.360. The molecule has 0 saturated heterocycles. The van der Waals surface area contributed by atoms with E-state index in [1.165, 1.54) is 16.4 Å². The first-order valence-electron chi connectivity index (χ1n) is 11.6. The van der Waals surface area contributed by atoms with E-state index in [4.69, 9.17) is 0 Å².